The molecule has 1 aromatic carbocycles. The average molecular weight is 340 g/mol. The standard InChI is InChI=1S/C15H15ClFN3OS/c1-8(2)20-15-11(6-18-20)14(22-7-13(21)19-15)10-4-3-9(17)5-12(10)16/h3-6,8,14H,7H2,1-2H3,(H,19,21)/t14-/m0/s1. The van der Waals surface area contributed by atoms with Gasteiger partial charge in [0.15, 0.2) is 0 Å². The Morgan fingerprint density at radius 3 is 2.91 bits per heavy atom. The quantitative estimate of drug-likeness (QED) is 0.898. The van der Waals surface area contributed by atoms with Gasteiger partial charge in [-0.15, -0.1) is 11.8 Å². The topological polar surface area (TPSA) is 46.9 Å². The molecular weight excluding hydrogens is 325 g/mol. The summed E-state index contributed by atoms with van der Waals surface area (Å²) in [4.78, 5) is 12.0. The number of nitrogens with one attached hydrogen (secondary N) is 1. The number of rotatable bonds is 2. The van der Waals surface area contributed by atoms with E-state index in [0.29, 0.717) is 16.6 Å². The molecule has 4 nitrogen and oxygen atoms in total. The van der Waals surface area contributed by atoms with E-state index in [-0.39, 0.29) is 23.0 Å². The Hall–Kier alpha value is -1.53. The van der Waals surface area contributed by atoms with E-state index in [0.717, 1.165) is 11.1 Å². The summed E-state index contributed by atoms with van der Waals surface area (Å²) in [6.07, 6.45) is 1.75. The van der Waals surface area contributed by atoms with Gasteiger partial charge in [0, 0.05) is 16.6 Å². The molecule has 1 amide bonds. The number of fused-ring (bicyclic) bond motifs is 1. The van der Waals surface area contributed by atoms with Crippen LogP contribution in [0.3, 0.4) is 0 Å². The van der Waals surface area contributed by atoms with Crippen molar-refractivity contribution in [3.05, 3.63) is 46.4 Å². The van der Waals surface area contributed by atoms with Crippen LogP contribution in [0.4, 0.5) is 10.2 Å². The molecule has 1 N–H and O–H groups in total. The zero-order valence-electron chi connectivity index (χ0n) is 12.1. The summed E-state index contributed by atoms with van der Waals surface area (Å²) in [5.41, 5.74) is 1.67. The molecule has 0 spiro atoms. The summed E-state index contributed by atoms with van der Waals surface area (Å²) >= 11 is 7.66. The van der Waals surface area contributed by atoms with E-state index in [2.05, 4.69) is 10.4 Å². The second-order valence-electron chi connectivity index (χ2n) is 5.39. The molecular formula is C15H15ClFN3OS. The molecule has 1 aromatic heterocycles. The zero-order chi connectivity index (χ0) is 15.9. The number of amides is 1. The molecule has 0 bridgehead atoms. The van der Waals surface area contributed by atoms with Gasteiger partial charge in [-0.1, -0.05) is 17.7 Å². The van der Waals surface area contributed by atoms with Crippen LogP contribution in [0.5, 0.6) is 0 Å². The fraction of sp³-hybridized carbons (Fsp3) is 0.333. The molecule has 0 aliphatic carbocycles. The van der Waals surface area contributed by atoms with Gasteiger partial charge in [0.05, 0.1) is 17.2 Å². The van der Waals surface area contributed by atoms with Crippen molar-refractivity contribution in [2.75, 3.05) is 11.1 Å². The summed E-state index contributed by atoms with van der Waals surface area (Å²) in [5, 5.41) is 7.47. The molecule has 0 saturated carbocycles. The first-order chi connectivity index (χ1) is 10.5. The van der Waals surface area contributed by atoms with Crippen molar-refractivity contribution < 1.29 is 9.18 Å². The molecule has 7 heteroatoms. The molecule has 22 heavy (non-hydrogen) atoms. The van der Waals surface area contributed by atoms with Crippen LogP contribution in [0.2, 0.25) is 5.02 Å². The van der Waals surface area contributed by atoms with Gasteiger partial charge in [0.25, 0.3) is 0 Å². The molecule has 116 valence electrons. The minimum atomic E-state index is -0.375. The summed E-state index contributed by atoms with van der Waals surface area (Å²) in [6.45, 7) is 3.99. The molecule has 0 unspecified atom stereocenters. The van der Waals surface area contributed by atoms with Crippen LogP contribution in [0.15, 0.2) is 24.4 Å². The van der Waals surface area contributed by atoms with Crippen LogP contribution < -0.4 is 5.32 Å². The molecule has 2 heterocycles. The van der Waals surface area contributed by atoms with Gasteiger partial charge in [-0.25, -0.2) is 9.07 Å². The van der Waals surface area contributed by atoms with E-state index in [1.807, 2.05) is 13.8 Å². The van der Waals surface area contributed by atoms with E-state index < -0.39 is 0 Å². The van der Waals surface area contributed by atoms with Gasteiger partial charge in [-0.05, 0) is 31.5 Å². The van der Waals surface area contributed by atoms with Crippen LogP contribution >= 0.6 is 23.4 Å². The van der Waals surface area contributed by atoms with E-state index in [1.54, 1.807) is 16.9 Å². The third kappa shape index (κ3) is 2.73. The van der Waals surface area contributed by atoms with Gasteiger partial charge in [0.2, 0.25) is 5.91 Å². The van der Waals surface area contributed by atoms with Crippen molar-refractivity contribution >= 4 is 35.1 Å². The SMILES string of the molecule is CC(C)n1ncc2c1NC(=O)CS[C@H]2c1ccc(F)cc1Cl. The van der Waals surface area contributed by atoms with Crippen molar-refractivity contribution in [3.8, 4) is 0 Å². The van der Waals surface area contributed by atoms with Crippen LogP contribution in [-0.2, 0) is 4.79 Å². The molecule has 0 radical (unpaired) electrons. The lowest BCUT2D eigenvalue weighted by atomic mass is 10.1. The average Bonchev–Trinajstić information content (AvgIpc) is 2.78. The lowest BCUT2D eigenvalue weighted by molar-refractivity contribution is -0.113. The number of hydrogen-bond acceptors (Lipinski definition) is 3. The van der Waals surface area contributed by atoms with Gasteiger partial charge in [0.1, 0.15) is 11.6 Å². The Morgan fingerprint density at radius 2 is 2.23 bits per heavy atom. The normalized spacial score (nSPS) is 18.0. The first-order valence-electron chi connectivity index (χ1n) is 6.91. The molecule has 0 fully saturated rings. The van der Waals surface area contributed by atoms with Crippen molar-refractivity contribution in [2.45, 2.75) is 25.1 Å². The minimum Gasteiger partial charge on any atom is -0.310 e. The number of aromatic nitrogens is 2. The summed E-state index contributed by atoms with van der Waals surface area (Å²) < 4.78 is 15.1. The number of thioether (sulfide) groups is 1. The molecule has 2 aromatic rings. The lowest BCUT2D eigenvalue weighted by Crippen LogP contribution is -2.17. The van der Waals surface area contributed by atoms with Crippen LogP contribution in [0, 0.1) is 5.82 Å². The Bertz CT molecular complexity index is 732. The zero-order valence-corrected chi connectivity index (χ0v) is 13.7. The first-order valence-corrected chi connectivity index (χ1v) is 8.34. The largest absolute Gasteiger partial charge is 0.310 e. The van der Waals surface area contributed by atoms with Crippen LogP contribution in [0.1, 0.15) is 36.3 Å². The lowest BCUT2D eigenvalue weighted by Gasteiger charge is -2.16. The number of halogens is 2. The van der Waals surface area contributed by atoms with Crippen molar-refractivity contribution in [3.63, 3.8) is 0 Å². The van der Waals surface area contributed by atoms with Gasteiger partial charge < -0.3 is 5.32 Å². The second-order valence-corrected chi connectivity index (χ2v) is 6.89. The van der Waals surface area contributed by atoms with Crippen molar-refractivity contribution in [1.29, 1.82) is 0 Å². The maximum Gasteiger partial charge on any atom is 0.235 e. The Balaban J connectivity index is 2.12. The third-order valence-corrected chi connectivity index (χ3v) is 5.08. The molecule has 1 aliphatic heterocycles. The monoisotopic (exact) mass is 339 g/mol. The predicted molar refractivity (Wildman–Crippen MR) is 87.0 cm³/mol. The number of hydrogen-bond donors (Lipinski definition) is 1. The maximum atomic E-state index is 13.3. The van der Waals surface area contributed by atoms with Crippen LogP contribution in [-0.4, -0.2) is 21.4 Å². The fourth-order valence-electron chi connectivity index (χ4n) is 2.48. The van der Waals surface area contributed by atoms with Crippen molar-refractivity contribution in [2.24, 2.45) is 0 Å². The second kappa shape index (κ2) is 5.93. The van der Waals surface area contributed by atoms with Gasteiger partial charge >= 0.3 is 0 Å². The Kier molecular flexibility index (Phi) is 4.14. The first kappa shape index (κ1) is 15.4. The maximum absolute atomic E-state index is 13.3. The summed E-state index contributed by atoms with van der Waals surface area (Å²) in [7, 11) is 0. The number of benzene rings is 1. The Labute approximate surface area is 137 Å². The molecule has 0 saturated heterocycles. The van der Waals surface area contributed by atoms with Gasteiger partial charge in [-0.3, -0.25) is 4.79 Å². The fourth-order valence-corrected chi connectivity index (χ4v) is 3.95. The highest BCUT2D eigenvalue weighted by molar-refractivity contribution is 8.00. The number of carbonyl (C=O) groups excluding carboxylic acids is 1. The van der Waals surface area contributed by atoms with E-state index in [4.69, 9.17) is 11.6 Å². The molecule has 3 rings (SSSR count). The van der Waals surface area contributed by atoms with Crippen molar-refractivity contribution in [1.82, 2.24) is 9.78 Å². The molecule has 1 atom stereocenters. The molecule has 1 aliphatic rings. The highest BCUT2D eigenvalue weighted by atomic mass is 35.5. The number of carbonyl (C=O) groups is 1. The van der Waals surface area contributed by atoms with E-state index in [9.17, 15) is 9.18 Å². The smallest absolute Gasteiger partial charge is 0.235 e. The van der Waals surface area contributed by atoms with E-state index in [1.165, 1.54) is 23.9 Å². The highest BCUT2D eigenvalue weighted by Crippen LogP contribution is 2.44. The third-order valence-electron chi connectivity index (χ3n) is 3.48. The summed E-state index contributed by atoms with van der Waals surface area (Å²) in [6, 6.07) is 4.47. The van der Waals surface area contributed by atoms with Gasteiger partial charge in [-0.2, -0.15) is 5.10 Å². The predicted octanol–water partition coefficient (Wildman–Crippen LogP) is 4.03. The summed E-state index contributed by atoms with van der Waals surface area (Å²) in [5.74, 6) is 0.551. The number of anilines is 1. The number of nitrogens with zero attached hydrogens (tertiary/aromatic N) is 2. The highest BCUT2D eigenvalue weighted by Gasteiger charge is 2.29. The van der Waals surface area contributed by atoms with E-state index >= 15 is 0 Å². The Morgan fingerprint density at radius 1 is 1.45 bits per heavy atom. The minimum absolute atomic E-state index is 0.0746. The van der Waals surface area contributed by atoms with Crippen LogP contribution in [0.25, 0.3) is 0 Å².